The zero-order valence-corrected chi connectivity index (χ0v) is 11.5. The fourth-order valence-corrected chi connectivity index (χ4v) is 3.00. The van der Waals surface area contributed by atoms with Gasteiger partial charge >= 0.3 is 0 Å². The van der Waals surface area contributed by atoms with Gasteiger partial charge in [-0.2, -0.15) is 0 Å². The van der Waals surface area contributed by atoms with Crippen molar-refractivity contribution in [3.8, 4) is 0 Å². The van der Waals surface area contributed by atoms with E-state index >= 15 is 0 Å². The van der Waals surface area contributed by atoms with Gasteiger partial charge in [-0.3, -0.25) is 0 Å². The maximum Gasteiger partial charge on any atom is 0.123 e. The number of hydrogen-bond acceptors (Lipinski definition) is 2. The van der Waals surface area contributed by atoms with E-state index in [2.05, 4.69) is 0 Å². The number of halogens is 1. The molecule has 1 unspecified atom stereocenters. The molecular formula is C15H21FO2. The van der Waals surface area contributed by atoms with Gasteiger partial charge in [0.2, 0.25) is 0 Å². The third-order valence-corrected chi connectivity index (χ3v) is 3.76. The third kappa shape index (κ3) is 2.43. The first-order valence-corrected chi connectivity index (χ1v) is 6.31. The summed E-state index contributed by atoms with van der Waals surface area (Å²) in [6.07, 6.45) is 0.949. The van der Waals surface area contributed by atoms with Gasteiger partial charge in [-0.25, -0.2) is 4.39 Å². The van der Waals surface area contributed by atoms with Crippen molar-refractivity contribution in [2.24, 2.45) is 0 Å². The van der Waals surface area contributed by atoms with E-state index < -0.39 is 11.2 Å². The molecule has 1 aliphatic rings. The standard InChI is InChI=1S/C15H21FO2/c1-13(2)10-15(17,14(3,4)18-13)9-11-6-5-7-12(16)8-11/h5-8,17H,9-10H2,1-4H3. The second-order valence-electron chi connectivity index (χ2n) is 6.39. The van der Waals surface area contributed by atoms with E-state index in [4.69, 9.17) is 4.74 Å². The highest BCUT2D eigenvalue weighted by molar-refractivity contribution is 5.21. The van der Waals surface area contributed by atoms with Crippen molar-refractivity contribution in [1.82, 2.24) is 0 Å². The highest BCUT2D eigenvalue weighted by Crippen LogP contribution is 2.46. The lowest BCUT2D eigenvalue weighted by Crippen LogP contribution is -2.48. The Morgan fingerprint density at radius 3 is 2.44 bits per heavy atom. The van der Waals surface area contributed by atoms with Crippen molar-refractivity contribution in [1.29, 1.82) is 0 Å². The highest BCUT2D eigenvalue weighted by Gasteiger charge is 2.56. The van der Waals surface area contributed by atoms with Crippen LogP contribution in [-0.4, -0.2) is 21.9 Å². The summed E-state index contributed by atoms with van der Waals surface area (Å²) in [6, 6.07) is 6.39. The van der Waals surface area contributed by atoms with E-state index in [9.17, 15) is 9.50 Å². The molecule has 0 radical (unpaired) electrons. The van der Waals surface area contributed by atoms with Crippen LogP contribution in [-0.2, 0) is 11.2 Å². The lowest BCUT2D eigenvalue weighted by atomic mass is 9.78. The van der Waals surface area contributed by atoms with Crippen molar-refractivity contribution >= 4 is 0 Å². The summed E-state index contributed by atoms with van der Waals surface area (Å²) in [7, 11) is 0. The molecule has 0 aliphatic carbocycles. The van der Waals surface area contributed by atoms with Gasteiger partial charge in [-0.05, 0) is 45.4 Å². The van der Waals surface area contributed by atoms with Crippen LogP contribution in [0.1, 0.15) is 39.7 Å². The molecule has 3 heteroatoms. The molecule has 100 valence electrons. The van der Waals surface area contributed by atoms with Crippen LogP contribution in [0.15, 0.2) is 24.3 Å². The number of hydrogen-bond donors (Lipinski definition) is 1. The number of aliphatic hydroxyl groups is 1. The number of rotatable bonds is 2. The van der Waals surface area contributed by atoms with Crippen LogP contribution >= 0.6 is 0 Å². The first-order valence-electron chi connectivity index (χ1n) is 6.31. The summed E-state index contributed by atoms with van der Waals surface area (Å²) in [5.41, 5.74) is -1.16. The van der Waals surface area contributed by atoms with Crippen molar-refractivity contribution < 1.29 is 14.2 Å². The molecule has 1 saturated heterocycles. The molecule has 2 rings (SSSR count). The molecule has 1 aromatic rings. The van der Waals surface area contributed by atoms with Gasteiger partial charge in [-0.1, -0.05) is 12.1 Å². The largest absolute Gasteiger partial charge is 0.386 e. The van der Waals surface area contributed by atoms with Gasteiger partial charge in [-0.15, -0.1) is 0 Å². The Labute approximate surface area is 108 Å². The lowest BCUT2D eigenvalue weighted by molar-refractivity contribution is -0.125. The van der Waals surface area contributed by atoms with Crippen molar-refractivity contribution in [3.05, 3.63) is 35.6 Å². The normalized spacial score (nSPS) is 29.4. The molecule has 0 aromatic heterocycles. The SMILES string of the molecule is CC1(C)CC(O)(Cc2cccc(F)c2)C(C)(C)O1. The van der Waals surface area contributed by atoms with Crippen molar-refractivity contribution in [2.75, 3.05) is 0 Å². The number of benzene rings is 1. The maximum atomic E-state index is 13.2. The predicted octanol–water partition coefficient (Wildman–Crippen LogP) is 3.08. The average Bonchev–Trinajstić information content (AvgIpc) is 2.29. The first kappa shape index (κ1) is 13.5. The van der Waals surface area contributed by atoms with Gasteiger partial charge < -0.3 is 9.84 Å². The van der Waals surface area contributed by atoms with E-state index in [1.54, 1.807) is 6.07 Å². The van der Waals surface area contributed by atoms with Crippen molar-refractivity contribution in [3.63, 3.8) is 0 Å². The fourth-order valence-electron chi connectivity index (χ4n) is 3.00. The van der Waals surface area contributed by atoms with Crippen LogP contribution in [0.5, 0.6) is 0 Å². The van der Waals surface area contributed by atoms with E-state index in [0.29, 0.717) is 12.8 Å². The molecule has 0 saturated carbocycles. The Bertz CT molecular complexity index is 454. The number of ether oxygens (including phenoxy) is 1. The van der Waals surface area contributed by atoms with Gasteiger partial charge in [0.05, 0.1) is 16.8 Å². The van der Waals surface area contributed by atoms with Crippen LogP contribution in [0.3, 0.4) is 0 Å². The minimum Gasteiger partial charge on any atom is -0.386 e. The zero-order chi connectivity index (χ0) is 13.6. The second-order valence-corrected chi connectivity index (χ2v) is 6.39. The minimum atomic E-state index is -0.968. The molecule has 1 atom stereocenters. The summed E-state index contributed by atoms with van der Waals surface area (Å²) < 4.78 is 19.1. The molecule has 1 fully saturated rings. The Morgan fingerprint density at radius 1 is 1.28 bits per heavy atom. The fraction of sp³-hybridized carbons (Fsp3) is 0.600. The van der Waals surface area contributed by atoms with Gasteiger partial charge in [0.25, 0.3) is 0 Å². The minimum absolute atomic E-state index is 0.271. The molecule has 0 bridgehead atoms. The molecule has 18 heavy (non-hydrogen) atoms. The van der Waals surface area contributed by atoms with Crippen LogP contribution in [0.25, 0.3) is 0 Å². The van der Waals surface area contributed by atoms with E-state index in [0.717, 1.165) is 5.56 Å². The van der Waals surface area contributed by atoms with E-state index in [1.807, 2.05) is 33.8 Å². The predicted molar refractivity (Wildman–Crippen MR) is 68.9 cm³/mol. The Kier molecular flexibility index (Phi) is 3.03. The van der Waals surface area contributed by atoms with Gasteiger partial charge in [0.1, 0.15) is 5.82 Å². The van der Waals surface area contributed by atoms with Gasteiger partial charge in [0, 0.05) is 12.8 Å². The topological polar surface area (TPSA) is 29.5 Å². The zero-order valence-electron chi connectivity index (χ0n) is 11.5. The molecule has 2 nitrogen and oxygen atoms in total. The van der Waals surface area contributed by atoms with E-state index in [1.165, 1.54) is 12.1 Å². The Balaban J connectivity index is 2.27. The summed E-state index contributed by atoms with van der Waals surface area (Å²) in [4.78, 5) is 0. The van der Waals surface area contributed by atoms with E-state index in [-0.39, 0.29) is 11.4 Å². The third-order valence-electron chi connectivity index (χ3n) is 3.76. The maximum absolute atomic E-state index is 13.2. The summed E-state index contributed by atoms with van der Waals surface area (Å²) in [5, 5.41) is 10.9. The lowest BCUT2D eigenvalue weighted by Gasteiger charge is -2.35. The summed E-state index contributed by atoms with van der Waals surface area (Å²) in [6.45, 7) is 7.72. The van der Waals surface area contributed by atoms with Crippen LogP contribution in [0, 0.1) is 5.82 Å². The molecule has 1 aromatic carbocycles. The highest BCUT2D eigenvalue weighted by atomic mass is 19.1. The monoisotopic (exact) mass is 252 g/mol. The van der Waals surface area contributed by atoms with Crippen LogP contribution in [0.2, 0.25) is 0 Å². The summed E-state index contributed by atoms with van der Waals surface area (Å²) >= 11 is 0. The Hall–Kier alpha value is -0.930. The second kappa shape index (κ2) is 4.04. The smallest absolute Gasteiger partial charge is 0.123 e. The van der Waals surface area contributed by atoms with Crippen LogP contribution < -0.4 is 0 Å². The first-order chi connectivity index (χ1) is 8.14. The van der Waals surface area contributed by atoms with Crippen molar-refractivity contribution in [2.45, 2.75) is 57.3 Å². The molecule has 1 aliphatic heterocycles. The Morgan fingerprint density at radius 2 is 1.94 bits per heavy atom. The molecule has 1 N–H and O–H groups in total. The quantitative estimate of drug-likeness (QED) is 0.876. The molecule has 0 spiro atoms. The van der Waals surface area contributed by atoms with Crippen LogP contribution in [0.4, 0.5) is 4.39 Å². The molecule has 1 heterocycles. The van der Waals surface area contributed by atoms with Gasteiger partial charge in [0.15, 0.2) is 0 Å². The summed E-state index contributed by atoms with van der Waals surface area (Å²) in [5.74, 6) is -0.271. The molecule has 0 amide bonds. The molecular weight excluding hydrogens is 231 g/mol. The average molecular weight is 252 g/mol.